The number of amides is 1. The summed E-state index contributed by atoms with van der Waals surface area (Å²) in [6.45, 7) is 1.98. The summed E-state index contributed by atoms with van der Waals surface area (Å²) in [5.74, 6) is -0.159. The number of furan rings is 1. The molecule has 0 aliphatic rings. The van der Waals surface area contributed by atoms with E-state index in [0.717, 1.165) is 11.8 Å². The third kappa shape index (κ3) is 3.12. The number of carbonyl (C=O) groups is 1. The number of thiocarbonyl (C=S) groups is 1. The standard InChI is InChI=1S/C14H16N2O2S/c1-2-9(7-13(15)19)16-14(17)11-8-18-12-6-4-3-5-10(11)12/h3-6,8-9H,2,7H2,1H3,(H2,15,19)(H,16,17). The lowest BCUT2D eigenvalue weighted by Gasteiger charge is -2.15. The Morgan fingerprint density at radius 3 is 2.89 bits per heavy atom. The van der Waals surface area contributed by atoms with Gasteiger partial charge in [0.15, 0.2) is 0 Å². The number of fused-ring (bicyclic) bond motifs is 1. The highest BCUT2D eigenvalue weighted by atomic mass is 32.1. The van der Waals surface area contributed by atoms with Gasteiger partial charge in [0.05, 0.1) is 10.6 Å². The summed E-state index contributed by atoms with van der Waals surface area (Å²) in [6, 6.07) is 7.40. The fraction of sp³-hybridized carbons (Fsp3) is 0.286. The molecule has 19 heavy (non-hydrogen) atoms. The van der Waals surface area contributed by atoms with Crippen molar-refractivity contribution in [1.29, 1.82) is 0 Å². The lowest BCUT2D eigenvalue weighted by molar-refractivity contribution is 0.0938. The van der Waals surface area contributed by atoms with E-state index < -0.39 is 0 Å². The van der Waals surface area contributed by atoms with Gasteiger partial charge in [-0.3, -0.25) is 4.79 Å². The van der Waals surface area contributed by atoms with E-state index in [1.807, 2.05) is 31.2 Å². The highest BCUT2D eigenvalue weighted by molar-refractivity contribution is 7.80. The Morgan fingerprint density at radius 2 is 2.21 bits per heavy atom. The van der Waals surface area contributed by atoms with Crippen LogP contribution >= 0.6 is 12.2 Å². The second kappa shape index (κ2) is 5.84. The summed E-state index contributed by atoms with van der Waals surface area (Å²) in [5, 5.41) is 3.74. The van der Waals surface area contributed by atoms with E-state index in [1.165, 1.54) is 6.26 Å². The van der Waals surface area contributed by atoms with E-state index in [2.05, 4.69) is 5.32 Å². The van der Waals surface area contributed by atoms with Gasteiger partial charge in [-0.2, -0.15) is 0 Å². The molecule has 1 amide bonds. The molecule has 1 unspecified atom stereocenters. The lowest BCUT2D eigenvalue weighted by Crippen LogP contribution is -2.36. The van der Waals surface area contributed by atoms with Crippen LogP contribution in [0.25, 0.3) is 11.0 Å². The van der Waals surface area contributed by atoms with Crippen molar-refractivity contribution in [1.82, 2.24) is 5.32 Å². The molecule has 1 heterocycles. The summed E-state index contributed by atoms with van der Waals surface area (Å²) in [6.07, 6.45) is 2.76. The molecule has 5 heteroatoms. The van der Waals surface area contributed by atoms with E-state index >= 15 is 0 Å². The average molecular weight is 276 g/mol. The van der Waals surface area contributed by atoms with Crippen molar-refractivity contribution in [3.63, 3.8) is 0 Å². The topological polar surface area (TPSA) is 68.3 Å². The van der Waals surface area contributed by atoms with Gasteiger partial charge in [-0.25, -0.2) is 0 Å². The monoisotopic (exact) mass is 276 g/mol. The largest absolute Gasteiger partial charge is 0.463 e. The first-order chi connectivity index (χ1) is 9.11. The minimum Gasteiger partial charge on any atom is -0.463 e. The van der Waals surface area contributed by atoms with Gasteiger partial charge in [0.1, 0.15) is 11.8 Å². The fourth-order valence-electron chi connectivity index (χ4n) is 1.96. The van der Waals surface area contributed by atoms with Gasteiger partial charge in [-0.1, -0.05) is 37.3 Å². The number of hydrogen-bond acceptors (Lipinski definition) is 3. The van der Waals surface area contributed by atoms with E-state index in [-0.39, 0.29) is 11.9 Å². The van der Waals surface area contributed by atoms with Crippen LogP contribution in [0.2, 0.25) is 0 Å². The third-order valence-electron chi connectivity index (χ3n) is 3.00. The Bertz CT molecular complexity index is 606. The molecule has 0 aliphatic carbocycles. The molecular formula is C14H16N2O2S. The maximum absolute atomic E-state index is 12.2. The molecule has 0 spiro atoms. The first kappa shape index (κ1) is 13.5. The zero-order valence-electron chi connectivity index (χ0n) is 10.7. The van der Waals surface area contributed by atoms with E-state index in [0.29, 0.717) is 22.6 Å². The normalized spacial score (nSPS) is 12.3. The van der Waals surface area contributed by atoms with Crippen LogP contribution in [0.5, 0.6) is 0 Å². The van der Waals surface area contributed by atoms with Crippen LogP contribution in [0.4, 0.5) is 0 Å². The van der Waals surface area contributed by atoms with Crippen molar-refractivity contribution in [3.8, 4) is 0 Å². The maximum atomic E-state index is 12.2. The first-order valence-electron chi connectivity index (χ1n) is 6.17. The van der Waals surface area contributed by atoms with E-state index in [1.54, 1.807) is 0 Å². The van der Waals surface area contributed by atoms with Gasteiger partial charge in [0.2, 0.25) is 0 Å². The van der Waals surface area contributed by atoms with Crippen molar-refractivity contribution in [2.45, 2.75) is 25.8 Å². The lowest BCUT2D eigenvalue weighted by atomic mass is 10.1. The molecule has 2 rings (SSSR count). The average Bonchev–Trinajstić information content (AvgIpc) is 2.81. The van der Waals surface area contributed by atoms with Crippen molar-refractivity contribution in [2.24, 2.45) is 5.73 Å². The molecule has 4 nitrogen and oxygen atoms in total. The summed E-state index contributed by atoms with van der Waals surface area (Å²) in [5.41, 5.74) is 6.76. The van der Waals surface area contributed by atoms with Crippen LogP contribution in [0, 0.1) is 0 Å². The van der Waals surface area contributed by atoms with Crippen molar-refractivity contribution >= 4 is 34.1 Å². The SMILES string of the molecule is CCC(CC(N)=S)NC(=O)c1coc2ccccc12. The Hall–Kier alpha value is -1.88. The predicted molar refractivity (Wildman–Crippen MR) is 79.2 cm³/mol. The van der Waals surface area contributed by atoms with Gasteiger partial charge in [0, 0.05) is 17.8 Å². The van der Waals surface area contributed by atoms with Crippen LogP contribution in [-0.4, -0.2) is 16.9 Å². The first-order valence-corrected chi connectivity index (χ1v) is 6.58. The van der Waals surface area contributed by atoms with Gasteiger partial charge in [-0.05, 0) is 12.5 Å². The number of nitrogens with two attached hydrogens (primary N) is 1. The number of para-hydroxylation sites is 1. The van der Waals surface area contributed by atoms with Gasteiger partial charge >= 0.3 is 0 Å². The number of benzene rings is 1. The summed E-state index contributed by atoms with van der Waals surface area (Å²) < 4.78 is 5.36. The Morgan fingerprint density at radius 1 is 1.47 bits per heavy atom. The zero-order valence-corrected chi connectivity index (χ0v) is 11.5. The Balaban J connectivity index is 2.17. The smallest absolute Gasteiger partial charge is 0.255 e. The quantitative estimate of drug-likeness (QED) is 0.824. The maximum Gasteiger partial charge on any atom is 0.255 e. The number of carbonyl (C=O) groups excluding carboxylic acids is 1. The highest BCUT2D eigenvalue weighted by Crippen LogP contribution is 2.20. The molecule has 0 aliphatic heterocycles. The second-order valence-electron chi connectivity index (χ2n) is 4.39. The number of rotatable bonds is 5. The van der Waals surface area contributed by atoms with Crippen LogP contribution in [-0.2, 0) is 0 Å². The molecule has 0 fully saturated rings. The van der Waals surface area contributed by atoms with Gasteiger partial charge in [0.25, 0.3) is 5.91 Å². The third-order valence-corrected chi connectivity index (χ3v) is 3.17. The van der Waals surface area contributed by atoms with E-state index in [9.17, 15) is 4.79 Å². The van der Waals surface area contributed by atoms with Crippen LogP contribution in [0.1, 0.15) is 30.1 Å². The molecule has 0 saturated heterocycles. The Labute approximate surface area is 117 Å². The Kier molecular flexibility index (Phi) is 4.16. The van der Waals surface area contributed by atoms with Crippen molar-refractivity contribution in [2.75, 3.05) is 0 Å². The van der Waals surface area contributed by atoms with Crippen molar-refractivity contribution in [3.05, 3.63) is 36.1 Å². The zero-order chi connectivity index (χ0) is 13.8. The van der Waals surface area contributed by atoms with Crippen LogP contribution in [0.3, 0.4) is 0 Å². The molecule has 100 valence electrons. The summed E-state index contributed by atoms with van der Waals surface area (Å²) >= 11 is 4.88. The molecule has 3 N–H and O–H groups in total. The molecule has 0 bridgehead atoms. The van der Waals surface area contributed by atoms with Crippen LogP contribution in [0.15, 0.2) is 34.9 Å². The van der Waals surface area contributed by atoms with Gasteiger partial charge < -0.3 is 15.5 Å². The van der Waals surface area contributed by atoms with Gasteiger partial charge in [-0.15, -0.1) is 0 Å². The molecular weight excluding hydrogens is 260 g/mol. The molecule has 0 radical (unpaired) electrons. The molecule has 1 aromatic heterocycles. The second-order valence-corrected chi connectivity index (χ2v) is 4.92. The summed E-state index contributed by atoms with van der Waals surface area (Å²) in [7, 11) is 0. The molecule has 1 aromatic carbocycles. The molecule has 1 atom stereocenters. The van der Waals surface area contributed by atoms with Crippen molar-refractivity contribution < 1.29 is 9.21 Å². The summed E-state index contributed by atoms with van der Waals surface area (Å²) in [4.78, 5) is 12.6. The molecule has 0 saturated carbocycles. The fourth-order valence-corrected chi connectivity index (χ4v) is 2.16. The number of nitrogens with one attached hydrogen (secondary N) is 1. The molecule has 2 aromatic rings. The minimum absolute atomic E-state index is 0.0429. The number of hydrogen-bond donors (Lipinski definition) is 2. The highest BCUT2D eigenvalue weighted by Gasteiger charge is 2.17. The minimum atomic E-state index is -0.159. The van der Waals surface area contributed by atoms with E-state index in [4.69, 9.17) is 22.4 Å². The van der Waals surface area contributed by atoms with Crippen LogP contribution < -0.4 is 11.1 Å². The predicted octanol–water partition coefficient (Wildman–Crippen LogP) is 2.62.